The molecule has 0 aliphatic carbocycles. The molecule has 0 saturated carbocycles. The van der Waals surface area contributed by atoms with E-state index in [-0.39, 0.29) is 11.2 Å². The van der Waals surface area contributed by atoms with Gasteiger partial charge >= 0.3 is 0 Å². The molecule has 2 aromatic carbocycles. The van der Waals surface area contributed by atoms with E-state index in [4.69, 9.17) is 5.26 Å². The molecule has 1 atom stereocenters. The van der Waals surface area contributed by atoms with Crippen molar-refractivity contribution in [3.63, 3.8) is 0 Å². The zero-order valence-electron chi connectivity index (χ0n) is 12.9. The molecule has 0 aliphatic heterocycles. The number of carbonyl (C=O) groups is 1. The Hall–Kier alpha value is -2.25. The van der Waals surface area contributed by atoms with Crippen molar-refractivity contribution in [3.05, 3.63) is 59.2 Å². The highest BCUT2D eigenvalue weighted by Crippen LogP contribution is 2.26. The van der Waals surface area contributed by atoms with E-state index in [0.29, 0.717) is 11.3 Å². The fourth-order valence-corrected chi connectivity index (χ4v) is 2.92. The average molecular weight is 310 g/mol. The summed E-state index contributed by atoms with van der Waals surface area (Å²) in [5.74, 6) is -0.0710. The first kappa shape index (κ1) is 16.1. The number of amides is 1. The lowest BCUT2D eigenvalue weighted by Crippen LogP contribution is -2.22. The number of thioether (sulfide) groups is 1. The van der Waals surface area contributed by atoms with Gasteiger partial charge in [0, 0.05) is 10.6 Å². The van der Waals surface area contributed by atoms with Gasteiger partial charge in [-0.05, 0) is 62.2 Å². The first-order chi connectivity index (χ1) is 10.5. The largest absolute Gasteiger partial charge is 0.325 e. The Kier molecular flexibility index (Phi) is 5.24. The van der Waals surface area contributed by atoms with Crippen LogP contribution in [0.1, 0.15) is 23.6 Å². The number of nitriles is 1. The molecule has 0 heterocycles. The van der Waals surface area contributed by atoms with Gasteiger partial charge in [0.2, 0.25) is 5.91 Å². The van der Waals surface area contributed by atoms with Crippen LogP contribution in [0.4, 0.5) is 5.69 Å². The van der Waals surface area contributed by atoms with E-state index in [9.17, 15) is 4.79 Å². The molecule has 112 valence electrons. The molecule has 0 saturated heterocycles. The molecule has 0 aliphatic rings. The highest BCUT2D eigenvalue weighted by molar-refractivity contribution is 8.00. The molecule has 1 unspecified atom stereocenters. The van der Waals surface area contributed by atoms with Crippen LogP contribution in [-0.4, -0.2) is 11.2 Å². The van der Waals surface area contributed by atoms with Gasteiger partial charge in [-0.3, -0.25) is 4.79 Å². The molecule has 0 fully saturated rings. The fraction of sp³-hybridized carbons (Fsp3) is 0.222. The minimum absolute atomic E-state index is 0.0710. The van der Waals surface area contributed by atoms with E-state index < -0.39 is 0 Å². The average Bonchev–Trinajstić information content (AvgIpc) is 2.51. The number of hydrogen-bond donors (Lipinski definition) is 1. The van der Waals surface area contributed by atoms with E-state index in [0.717, 1.165) is 4.90 Å². The Balaban J connectivity index is 2.02. The Morgan fingerprint density at radius 1 is 1.18 bits per heavy atom. The summed E-state index contributed by atoms with van der Waals surface area (Å²) in [6.45, 7) is 6.02. The molecule has 0 spiro atoms. The number of nitrogens with zero attached hydrogens (tertiary/aromatic N) is 1. The summed E-state index contributed by atoms with van der Waals surface area (Å²) in [4.78, 5) is 13.3. The third kappa shape index (κ3) is 4.12. The van der Waals surface area contributed by atoms with Gasteiger partial charge in [-0.1, -0.05) is 12.1 Å². The summed E-state index contributed by atoms with van der Waals surface area (Å²) in [5, 5.41) is 11.5. The van der Waals surface area contributed by atoms with Crippen LogP contribution in [0.3, 0.4) is 0 Å². The monoisotopic (exact) mass is 310 g/mol. The van der Waals surface area contributed by atoms with Crippen molar-refractivity contribution >= 4 is 23.4 Å². The van der Waals surface area contributed by atoms with Crippen molar-refractivity contribution in [2.24, 2.45) is 0 Å². The summed E-state index contributed by atoms with van der Waals surface area (Å²) in [5.41, 5.74) is 3.65. The Morgan fingerprint density at radius 3 is 2.64 bits per heavy atom. The van der Waals surface area contributed by atoms with Crippen LogP contribution in [0.5, 0.6) is 0 Å². The van der Waals surface area contributed by atoms with Crippen LogP contribution in [0.15, 0.2) is 47.4 Å². The number of rotatable bonds is 4. The van der Waals surface area contributed by atoms with Crippen molar-refractivity contribution in [2.45, 2.75) is 30.9 Å². The molecule has 2 rings (SSSR count). The minimum Gasteiger partial charge on any atom is -0.325 e. The summed E-state index contributed by atoms with van der Waals surface area (Å²) in [6, 6.07) is 15.2. The predicted molar refractivity (Wildman–Crippen MR) is 91.0 cm³/mol. The maximum Gasteiger partial charge on any atom is 0.237 e. The summed E-state index contributed by atoms with van der Waals surface area (Å²) in [6.07, 6.45) is 0. The zero-order chi connectivity index (χ0) is 16.1. The molecule has 1 N–H and O–H groups in total. The Bertz CT molecular complexity index is 734. The van der Waals surface area contributed by atoms with Gasteiger partial charge in [-0.15, -0.1) is 11.8 Å². The topological polar surface area (TPSA) is 52.9 Å². The van der Waals surface area contributed by atoms with Crippen LogP contribution in [0, 0.1) is 25.2 Å². The fourth-order valence-electron chi connectivity index (χ4n) is 1.96. The van der Waals surface area contributed by atoms with Crippen molar-refractivity contribution in [1.82, 2.24) is 0 Å². The second-order valence-electron chi connectivity index (χ2n) is 5.19. The van der Waals surface area contributed by atoms with Crippen LogP contribution in [0.25, 0.3) is 0 Å². The van der Waals surface area contributed by atoms with Crippen molar-refractivity contribution in [1.29, 1.82) is 5.26 Å². The van der Waals surface area contributed by atoms with Crippen LogP contribution < -0.4 is 5.32 Å². The number of anilines is 1. The van der Waals surface area contributed by atoms with Crippen molar-refractivity contribution in [3.8, 4) is 6.07 Å². The normalized spacial score (nSPS) is 11.5. The number of hydrogen-bond acceptors (Lipinski definition) is 3. The number of benzene rings is 2. The SMILES string of the molecule is Cc1ccc(SC(C)C(=O)Nc2cccc(C#N)c2)cc1C. The first-order valence-electron chi connectivity index (χ1n) is 7.04. The second-order valence-corrected chi connectivity index (χ2v) is 6.60. The Morgan fingerprint density at radius 2 is 1.95 bits per heavy atom. The molecule has 4 heteroatoms. The lowest BCUT2D eigenvalue weighted by atomic mass is 10.1. The summed E-state index contributed by atoms with van der Waals surface area (Å²) in [7, 11) is 0. The van der Waals surface area contributed by atoms with E-state index in [1.807, 2.05) is 13.0 Å². The summed E-state index contributed by atoms with van der Waals surface area (Å²) >= 11 is 1.53. The predicted octanol–water partition coefficient (Wildman–Crippen LogP) is 4.29. The van der Waals surface area contributed by atoms with Gasteiger partial charge in [-0.25, -0.2) is 0 Å². The molecule has 2 aromatic rings. The molecule has 0 bridgehead atoms. The summed E-state index contributed by atoms with van der Waals surface area (Å²) < 4.78 is 0. The van der Waals surface area contributed by atoms with Gasteiger partial charge in [0.15, 0.2) is 0 Å². The van der Waals surface area contributed by atoms with Crippen LogP contribution >= 0.6 is 11.8 Å². The minimum atomic E-state index is -0.215. The third-order valence-electron chi connectivity index (χ3n) is 3.42. The molecule has 1 amide bonds. The lowest BCUT2D eigenvalue weighted by Gasteiger charge is -2.13. The molecule has 0 radical (unpaired) electrons. The van der Waals surface area contributed by atoms with E-state index >= 15 is 0 Å². The third-order valence-corrected chi connectivity index (χ3v) is 4.51. The molecular weight excluding hydrogens is 292 g/mol. The van der Waals surface area contributed by atoms with E-state index in [1.54, 1.807) is 24.3 Å². The van der Waals surface area contributed by atoms with Gasteiger partial charge in [0.1, 0.15) is 0 Å². The standard InChI is InChI=1S/C18H18N2OS/c1-12-7-8-17(9-13(12)2)22-14(3)18(21)20-16-6-4-5-15(10-16)11-19/h4-10,14H,1-3H3,(H,20,21). The molecule has 22 heavy (non-hydrogen) atoms. The molecular formula is C18H18N2OS. The van der Waals surface area contributed by atoms with Gasteiger partial charge in [0.25, 0.3) is 0 Å². The quantitative estimate of drug-likeness (QED) is 0.857. The highest BCUT2D eigenvalue weighted by atomic mass is 32.2. The van der Waals surface area contributed by atoms with Crippen molar-refractivity contribution < 1.29 is 4.79 Å². The van der Waals surface area contributed by atoms with E-state index in [1.165, 1.54) is 22.9 Å². The Labute approximate surface area is 135 Å². The number of aryl methyl sites for hydroxylation is 2. The maximum absolute atomic E-state index is 12.3. The van der Waals surface area contributed by atoms with Crippen LogP contribution in [0.2, 0.25) is 0 Å². The van der Waals surface area contributed by atoms with Crippen LogP contribution in [-0.2, 0) is 4.79 Å². The van der Waals surface area contributed by atoms with Gasteiger partial charge in [0.05, 0.1) is 16.9 Å². The maximum atomic E-state index is 12.3. The van der Waals surface area contributed by atoms with E-state index in [2.05, 4.69) is 37.4 Å². The van der Waals surface area contributed by atoms with Gasteiger partial charge in [-0.2, -0.15) is 5.26 Å². The molecule has 3 nitrogen and oxygen atoms in total. The first-order valence-corrected chi connectivity index (χ1v) is 7.92. The lowest BCUT2D eigenvalue weighted by molar-refractivity contribution is -0.115. The number of nitrogens with one attached hydrogen (secondary N) is 1. The second kappa shape index (κ2) is 7.15. The van der Waals surface area contributed by atoms with Gasteiger partial charge < -0.3 is 5.32 Å². The zero-order valence-corrected chi connectivity index (χ0v) is 13.7. The molecule has 0 aromatic heterocycles. The number of carbonyl (C=O) groups excluding carboxylic acids is 1. The smallest absolute Gasteiger partial charge is 0.237 e. The highest BCUT2D eigenvalue weighted by Gasteiger charge is 2.15. The van der Waals surface area contributed by atoms with Crippen molar-refractivity contribution in [2.75, 3.05) is 5.32 Å².